The third-order valence-electron chi connectivity index (χ3n) is 5.04. The summed E-state index contributed by atoms with van der Waals surface area (Å²) >= 11 is 0. The van der Waals surface area contributed by atoms with Crippen LogP contribution in [-0.4, -0.2) is 47.6 Å². The van der Waals surface area contributed by atoms with Gasteiger partial charge < -0.3 is 20.7 Å². The lowest BCUT2D eigenvalue weighted by Gasteiger charge is -2.35. The maximum absolute atomic E-state index is 12.6. The Morgan fingerprint density at radius 2 is 1.68 bits per heavy atom. The third kappa shape index (κ3) is 4.02. The van der Waals surface area contributed by atoms with Crippen molar-refractivity contribution in [2.75, 3.05) is 18.4 Å². The Labute approximate surface area is 148 Å². The summed E-state index contributed by atoms with van der Waals surface area (Å²) in [5.74, 6) is -0.147. The van der Waals surface area contributed by atoms with E-state index < -0.39 is 5.54 Å². The number of carbonyl (C=O) groups excluding carboxylic acids is 2. The van der Waals surface area contributed by atoms with Crippen LogP contribution in [0.25, 0.3) is 0 Å². The number of amides is 2. The molecular weight excluding hydrogens is 318 g/mol. The van der Waals surface area contributed by atoms with Gasteiger partial charge in [-0.1, -0.05) is 12.8 Å². The van der Waals surface area contributed by atoms with Gasteiger partial charge in [0.05, 0.1) is 17.7 Å². The van der Waals surface area contributed by atoms with E-state index >= 15 is 0 Å². The molecule has 2 amide bonds. The molecule has 1 saturated carbocycles. The van der Waals surface area contributed by atoms with E-state index in [2.05, 4.69) is 5.32 Å². The van der Waals surface area contributed by atoms with E-state index in [1.165, 1.54) is 0 Å². The molecule has 6 heteroatoms. The first-order valence-electron chi connectivity index (χ1n) is 9.02. The molecule has 0 spiro atoms. The van der Waals surface area contributed by atoms with Gasteiger partial charge in [-0.3, -0.25) is 9.59 Å². The minimum absolute atomic E-state index is 0.00837. The van der Waals surface area contributed by atoms with Crippen molar-refractivity contribution in [3.8, 4) is 0 Å². The number of nitrogens with one attached hydrogen (secondary N) is 1. The minimum atomic E-state index is -0.755. The number of hydrogen-bond acceptors (Lipinski definition) is 4. The van der Waals surface area contributed by atoms with Crippen LogP contribution >= 0.6 is 0 Å². The summed E-state index contributed by atoms with van der Waals surface area (Å²) in [5, 5.41) is 2.88. The number of carbonyl (C=O) groups is 2. The molecule has 0 radical (unpaired) electrons. The van der Waals surface area contributed by atoms with E-state index in [1.54, 1.807) is 24.3 Å². The van der Waals surface area contributed by atoms with E-state index in [0.717, 1.165) is 25.7 Å². The Morgan fingerprint density at radius 3 is 2.24 bits per heavy atom. The highest BCUT2D eigenvalue weighted by atomic mass is 16.5. The van der Waals surface area contributed by atoms with E-state index in [0.29, 0.717) is 24.3 Å². The van der Waals surface area contributed by atoms with Gasteiger partial charge in [-0.2, -0.15) is 0 Å². The fourth-order valence-corrected chi connectivity index (χ4v) is 3.71. The summed E-state index contributed by atoms with van der Waals surface area (Å²) in [4.78, 5) is 26.8. The zero-order valence-electron chi connectivity index (χ0n) is 15.0. The lowest BCUT2D eigenvalue weighted by molar-refractivity contribution is -0.121. The first-order chi connectivity index (χ1) is 11.9. The molecule has 25 heavy (non-hydrogen) atoms. The van der Waals surface area contributed by atoms with E-state index in [-0.39, 0.29) is 24.0 Å². The molecule has 2 fully saturated rings. The summed E-state index contributed by atoms with van der Waals surface area (Å²) < 4.78 is 5.67. The van der Waals surface area contributed by atoms with Crippen LogP contribution in [0, 0.1) is 0 Å². The second-order valence-corrected chi connectivity index (χ2v) is 7.36. The number of rotatable bonds is 3. The average Bonchev–Trinajstić information content (AvgIpc) is 3.02. The summed E-state index contributed by atoms with van der Waals surface area (Å²) in [6, 6.07) is 7.02. The van der Waals surface area contributed by atoms with Crippen molar-refractivity contribution in [3.63, 3.8) is 0 Å². The van der Waals surface area contributed by atoms with Gasteiger partial charge in [0.15, 0.2) is 0 Å². The molecule has 2 atom stereocenters. The lowest BCUT2D eigenvalue weighted by atomic mass is 9.98. The van der Waals surface area contributed by atoms with Crippen molar-refractivity contribution >= 4 is 17.5 Å². The summed E-state index contributed by atoms with van der Waals surface area (Å²) in [7, 11) is 0. The number of nitrogens with zero attached hydrogens (tertiary/aromatic N) is 1. The summed E-state index contributed by atoms with van der Waals surface area (Å²) in [6.07, 6.45) is 3.52. The van der Waals surface area contributed by atoms with Gasteiger partial charge in [-0.25, -0.2) is 0 Å². The molecule has 3 rings (SSSR count). The van der Waals surface area contributed by atoms with Crippen LogP contribution in [0.4, 0.5) is 5.69 Å². The lowest BCUT2D eigenvalue weighted by Crippen LogP contribution is -2.48. The molecule has 136 valence electrons. The van der Waals surface area contributed by atoms with Gasteiger partial charge in [-0.05, 0) is 51.0 Å². The molecule has 1 aliphatic heterocycles. The van der Waals surface area contributed by atoms with Crippen LogP contribution in [0.15, 0.2) is 24.3 Å². The smallest absolute Gasteiger partial charge is 0.254 e. The van der Waals surface area contributed by atoms with E-state index in [4.69, 9.17) is 10.5 Å². The molecule has 3 N–H and O–H groups in total. The van der Waals surface area contributed by atoms with Crippen LogP contribution in [0.3, 0.4) is 0 Å². The number of morpholine rings is 1. The van der Waals surface area contributed by atoms with Crippen LogP contribution < -0.4 is 11.1 Å². The van der Waals surface area contributed by atoms with E-state index in [9.17, 15) is 9.59 Å². The highest BCUT2D eigenvalue weighted by Crippen LogP contribution is 2.28. The number of nitrogens with two attached hydrogens (primary N) is 1. The predicted octanol–water partition coefficient (Wildman–Crippen LogP) is 2.15. The molecule has 1 aromatic carbocycles. The quantitative estimate of drug-likeness (QED) is 0.879. The van der Waals surface area contributed by atoms with Crippen LogP contribution in [-0.2, 0) is 9.53 Å². The maximum atomic E-state index is 12.6. The molecule has 2 aliphatic rings. The molecule has 0 bridgehead atoms. The van der Waals surface area contributed by atoms with Crippen molar-refractivity contribution in [3.05, 3.63) is 29.8 Å². The van der Waals surface area contributed by atoms with Crippen molar-refractivity contribution in [1.82, 2.24) is 4.90 Å². The van der Waals surface area contributed by atoms with Crippen molar-refractivity contribution < 1.29 is 14.3 Å². The highest BCUT2D eigenvalue weighted by molar-refractivity contribution is 5.99. The maximum Gasteiger partial charge on any atom is 0.254 e. The Balaban J connectivity index is 1.63. The van der Waals surface area contributed by atoms with Crippen LogP contribution in [0.1, 0.15) is 49.9 Å². The van der Waals surface area contributed by atoms with Crippen LogP contribution in [0.5, 0.6) is 0 Å². The third-order valence-corrected chi connectivity index (χ3v) is 5.04. The standard InChI is InChI=1S/C19H27N3O3/c1-13-11-22(12-14(2)25-13)17(23)15-5-7-16(8-6-15)21-18(24)19(20)9-3-4-10-19/h5-8,13-14H,3-4,9-12,20H2,1-2H3,(H,21,24). The van der Waals surface area contributed by atoms with Gasteiger partial charge in [0.1, 0.15) is 0 Å². The van der Waals surface area contributed by atoms with Crippen molar-refractivity contribution in [2.45, 2.75) is 57.3 Å². The Bertz CT molecular complexity index is 628. The highest BCUT2D eigenvalue weighted by Gasteiger charge is 2.37. The Morgan fingerprint density at radius 1 is 1.12 bits per heavy atom. The number of hydrogen-bond donors (Lipinski definition) is 2. The molecule has 1 aliphatic carbocycles. The second-order valence-electron chi connectivity index (χ2n) is 7.36. The monoisotopic (exact) mass is 345 g/mol. The van der Waals surface area contributed by atoms with Gasteiger partial charge in [0.2, 0.25) is 5.91 Å². The molecule has 2 unspecified atom stereocenters. The van der Waals surface area contributed by atoms with Gasteiger partial charge in [-0.15, -0.1) is 0 Å². The molecule has 6 nitrogen and oxygen atoms in total. The topological polar surface area (TPSA) is 84.7 Å². The Hall–Kier alpha value is -1.92. The Kier molecular flexibility index (Phi) is 5.11. The second kappa shape index (κ2) is 7.14. The normalized spacial score (nSPS) is 25.6. The number of anilines is 1. The zero-order valence-corrected chi connectivity index (χ0v) is 15.0. The number of ether oxygens (including phenoxy) is 1. The number of benzene rings is 1. The average molecular weight is 345 g/mol. The van der Waals surface area contributed by atoms with Gasteiger partial charge in [0.25, 0.3) is 5.91 Å². The van der Waals surface area contributed by atoms with Crippen LogP contribution in [0.2, 0.25) is 0 Å². The fourth-order valence-electron chi connectivity index (χ4n) is 3.71. The first-order valence-corrected chi connectivity index (χ1v) is 9.02. The molecule has 1 saturated heterocycles. The SMILES string of the molecule is CC1CN(C(=O)c2ccc(NC(=O)C3(N)CCCC3)cc2)CC(C)O1. The molecule has 1 aromatic rings. The largest absolute Gasteiger partial charge is 0.372 e. The first kappa shape index (κ1) is 17.9. The minimum Gasteiger partial charge on any atom is -0.372 e. The molecular formula is C19H27N3O3. The predicted molar refractivity (Wildman–Crippen MR) is 96.4 cm³/mol. The summed E-state index contributed by atoms with van der Waals surface area (Å²) in [5.41, 5.74) is 6.69. The molecule has 1 heterocycles. The molecule has 0 aromatic heterocycles. The van der Waals surface area contributed by atoms with Gasteiger partial charge >= 0.3 is 0 Å². The fraction of sp³-hybridized carbons (Fsp3) is 0.579. The zero-order chi connectivity index (χ0) is 18.0. The van der Waals surface area contributed by atoms with Gasteiger partial charge in [0, 0.05) is 24.3 Å². The van der Waals surface area contributed by atoms with Crippen molar-refractivity contribution in [2.24, 2.45) is 5.73 Å². The summed E-state index contributed by atoms with van der Waals surface area (Å²) in [6.45, 7) is 5.13. The van der Waals surface area contributed by atoms with Crippen molar-refractivity contribution in [1.29, 1.82) is 0 Å². The van der Waals surface area contributed by atoms with E-state index in [1.807, 2.05) is 18.7 Å².